The van der Waals surface area contributed by atoms with Crippen LogP contribution in [0.4, 0.5) is 4.79 Å². The minimum atomic E-state index is -0.451. The first-order valence-electron chi connectivity index (χ1n) is 8.26. The highest BCUT2D eigenvalue weighted by Gasteiger charge is 2.21. The summed E-state index contributed by atoms with van der Waals surface area (Å²) >= 11 is 0. The number of ether oxygens (including phenoxy) is 1. The molecule has 0 saturated heterocycles. The number of hydroxylamine groups is 2. The van der Waals surface area contributed by atoms with Gasteiger partial charge in [0.2, 0.25) is 0 Å². The quantitative estimate of drug-likeness (QED) is 0.205. The van der Waals surface area contributed by atoms with Crippen LogP contribution < -0.4 is 11.1 Å². The molecule has 1 rings (SSSR count). The number of rotatable bonds is 10. The van der Waals surface area contributed by atoms with E-state index in [0.29, 0.717) is 18.0 Å². The summed E-state index contributed by atoms with van der Waals surface area (Å²) in [6.45, 7) is 6.50. The molecule has 0 aromatic heterocycles. The first kappa shape index (κ1) is 20.0. The van der Waals surface area contributed by atoms with Crippen molar-refractivity contribution in [3.05, 3.63) is 12.2 Å². The lowest BCUT2D eigenvalue weighted by atomic mass is 9.96. The third-order valence-corrected chi connectivity index (χ3v) is 3.58. The predicted molar refractivity (Wildman–Crippen MR) is 91.4 cm³/mol. The number of nitrogens with zero attached hydrogens (tertiary/aromatic N) is 2. The fourth-order valence-corrected chi connectivity index (χ4v) is 1.97. The van der Waals surface area contributed by atoms with E-state index in [1.165, 1.54) is 5.06 Å². The Balaban J connectivity index is 2.32. The molecule has 24 heavy (non-hydrogen) atoms. The van der Waals surface area contributed by atoms with Crippen LogP contribution in [-0.2, 0) is 14.4 Å². The molecular weight excluding hydrogens is 312 g/mol. The maximum atomic E-state index is 12.3. The van der Waals surface area contributed by atoms with Crippen molar-refractivity contribution in [2.45, 2.75) is 45.1 Å². The molecule has 0 heterocycles. The highest BCUT2D eigenvalue weighted by molar-refractivity contribution is 5.98. The van der Waals surface area contributed by atoms with Crippen LogP contribution in [-0.4, -0.2) is 55.7 Å². The lowest BCUT2D eigenvalue weighted by Gasteiger charge is -2.25. The Morgan fingerprint density at radius 3 is 2.67 bits per heavy atom. The first-order valence-corrected chi connectivity index (χ1v) is 8.26. The number of hydrogen-bond acceptors (Lipinski definition) is 5. The van der Waals surface area contributed by atoms with E-state index >= 15 is 0 Å². The molecule has 0 unspecified atom stereocenters. The Morgan fingerprint density at radius 2 is 2.12 bits per heavy atom. The normalized spacial score (nSPS) is 14.7. The van der Waals surface area contributed by atoms with E-state index in [9.17, 15) is 9.59 Å². The third kappa shape index (κ3) is 6.99. The van der Waals surface area contributed by atoms with Crippen molar-refractivity contribution < 1.29 is 19.2 Å². The van der Waals surface area contributed by atoms with Crippen LogP contribution >= 0.6 is 0 Å². The zero-order valence-corrected chi connectivity index (χ0v) is 14.5. The maximum absolute atomic E-state index is 12.3. The van der Waals surface area contributed by atoms with Crippen LogP contribution in [0.25, 0.3) is 0 Å². The van der Waals surface area contributed by atoms with Gasteiger partial charge < -0.3 is 15.8 Å². The summed E-state index contributed by atoms with van der Waals surface area (Å²) in [7, 11) is 1.56. The average molecular weight is 340 g/mol. The van der Waals surface area contributed by atoms with E-state index in [4.69, 9.17) is 15.3 Å². The molecule has 1 fully saturated rings. The van der Waals surface area contributed by atoms with Crippen LogP contribution in [0, 0.1) is 0 Å². The zero-order valence-electron chi connectivity index (χ0n) is 14.5. The van der Waals surface area contributed by atoms with Gasteiger partial charge in [0.15, 0.2) is 0 Å². The van der Waals surface area contributed by atoms with Crippen molar-refractivity contribution in [1.29, 1.82) is 0 Å². The standard InChI is InChI=1S/C16H28N4O4/c1-4-9-20(15(21)12(2)11-14(17)18-3)23-10-8-19-16(22)24-13-6-5-7-13/h13H,2,4-11H2,1,3H3,(H2,17,18)(H,19,22). The average Bonchev–Trinajstić information content (AvgIpc) is 2.52. The minimum absolute atomic E-state index is 0.0399. The Kier molecular flexibility index (Phi) is 8.85. The lowest BCUT2D eigenvalue weighted by Crippen LogP contribution is -2.38. The number of amidine groups is 1. The van der Waals surface area contributed by atoms with Gasteiger partial charge in [0.25, 0.3) is 5.91 Å². The van der Waals surface area contributed by atoms with Crippen LogP contribution in [0.1, 0.15) is 39.0 Å². The molecule has 8 nitrogen and oxygen atoms in total. The van der Waals surface area contributed by atoms with E-state index < -0.39 is 6.09 Å². The summed E-state index contributed by atoms with van der Waals surface area (Å²) in [6, 6.07) is 0. The Morgan fingerprint density at radius 1 is 1.42 bits per heavy atom. The summed E-state index contributed by atoms with van der Waals surface area (Å²) in [5, 5.41) is 3.84. The molecular formula is C16H28N4O4. The van der Waals surface area contributed by atoms with Crippen molar-refractivity contribution in [3.63, 3.8) is 0 Å². The molecule has 1 aliphatic rings. The van der Waals surface area contributed by atoms with Gasteiger partial charge in [-0.1, -0.05) is 13.5 Å². The Labute approximate surface area is 143 Å². The highest BCUT2D eigenvalue weighted by Crippen LogP contribution is 2.21. The van der Waals surface area contributed by atoms with Gasteiger partial charge in [-0.25, -0.2) is 9.86 Å². The van der Waals surface area contributed by atoms with Crippen molar-refractivity contribution >= 4 is 17.8 Å². The fourth-order valence-electron chi connectivity index (χ4n) is 1.97. The van der Waals surface area contributed by atoms with Gasteiger partial charge >= 0.3 is 6.09 Å². The molecule has 0 radical (unpaired) electrons. The van der Waals surface area contributed by atoms with Gasteiger partial charge in [0.1, 0.15) is 6.10 Å². The number of nitrogens with one attached hydrogen (secondary N) is 1. The summed E-state index contributed by atoms with van der Waals surface area (Å²) < 4.78 is 5.16. The minimum Gasteiger partial charge on any atom is -0.446 e. The summed E-state index contributed by atoms with van der Waals surface area (Å²) in [6.07, 6.45) is 3.47. The van der Waals surface area contributed by atoms with Gasteiger partial charge in [-0.05, 0) is 25.7 Å². The van der Waals surface area contributed by atoms with Crippen LogP contribution in [0.5, 0.6) is 0 Å². The second-order valence-corrected chi connectivity index (χ2v) is 5.62. The Hall–Kier alpha value is -2.09. The van der Waals surface area contributed by atoms with Gasteiger partial charge in [0, 0.05) is 32.1 Å². The molecule has 0 atom stereocenters. The second kappa shape index (κ2) is 10.6. The van der Waals surface area contributed by atoms with Crippen molar-refractivity contribution in [2.75, 3.05) is 26.7 Å². The number of carbonyl (C=O) groups excluding carboxylic acids is 2. The highest BCUT2D eigenvalue weighted by atomic mass is 16.7. The molecule has 2 amide bonds. The molecule has 0 spiro atoms. The molecule has 0 aromatic carbocycles. The van der Waals surface area contributed by atoms with E-state index in [1.807, 2.05) is 6.92 Å². The van der Waals surface area contributed by atoms with Gasteiger partial charge in [-0.3, -0.25) is 14.6 Å². The van der Waals surface area contributed by atoms with E-state index in [0.717, 1.165) is 25.7 Å². The predicted octanol–water partition coefficient (Wildman–Crippen LogP) is 1.37. The summed E-state index contributed by atoms with van der Waals surface area (Å²) in [5.74, 6) is 0.00528. The Bertz CT molecular complexity index is 475. The molecule has 0 bridgehead atoms. The third-order valence-electron chi connectivity index (χ3n) is 3.58. The van der Waals surface area contributed by atoms with Crippen molar-refractivity contribution in [1.82, 2.24) is 10.4 Å². The number of alkyl carbamates (subject to hydrolysis) is 1. The summed E-state index contributed by atoms with van der Waals surface area (Å²) in [4.78, 5) is 33.0. The van der Waals surface area contributed by atoms with E-state index in [1.54, 1.807) is 7.05 Å². The topological polar surface area (TPSA) is 106 Å². The van der Waals surface area contributed by atoms with Gasteiger partial charge in [0.05, 0.1) is 12.4 Å². The smallest absolute Gasteiger partial charge is 0.407 e. The van der Waals surface area contributed by atoms with E-state index in [-0.39, 0.29) is 31.6 Å². The number of aliphatic imine (C=N–C) groups is 1. The fraction of sp³-hybridized carbons (Fsp3) is 0.688. The van der Waals surface area contributed by atoms with Crippen LogP contribution in [0.15, 0.2) is 17.1 Å². The van der Waals surface area contributed by atoms with Gasteiger partial charge in [-0.15, -0.1) is 0 Å². The van der Waals surface area contributed by atoms with Crippen molar-refractivity contribution in [3.8, 4) is 0 Å². The monoisotopic (exact) mass is 340 g/mol. The molecule has 1 aliphatic carbocycles. The van der Waals surface area contributed by atoms with E-state index in [2.05, 4.69) is 16.9 Å². The number of hydrogen-bond donors (Lipinski definition) is 2. The zero-order chi connectivity index (χ0) is 17.9. The van der Waals surface area contributed by atoms with Crippen LogP contribution in [0.2, 0.25) is 0 Å². The molecule has 136 valence electrons. The summed E-state index contributed by atoms with van der Waals surface area (Å²) in [5.41, 5.74) is 5.92. The van der Waals surface area contributed by atoms with Crippen LogP contribution in [0.3, 0.4) is 0 Å². The van der Waals surface area contributed by atoms with Crippen molar-refractivity contribution in [2.24, 2.45) is 10.7 Å². The number of carbonyl (C=O) groups is 2. The molecule has 8 heteroatoms. The lowest BCUT2D eigenvalue weighted by molar-refractivity contribution is -0.181. The molecule has 0 aromatic rings. The maximum Gasteiger partial charge on any atom is 0.407 e. The first-order chi connectivity index (χ1) is 11.5. The number of amides is 2. The molecule has 0 aliphatic heterocycles. The largest absolute Gasteiger partial charge is 0.446 e. The van der Waals surface area contributed by atoms with Gasteiger partial charge in [-0.2, -0.15) is 0 Å². The second-order valence-electron chi connectivity index (χ2n) is 5.62. The molecule has 3 N–H and O–H groups in total. The SMILES string of the molecule is C=C(C/C(N)=N\C)C(=O)N(CCC)OCCNC(=O)OC1CCC1. The molecule has 1 saturated carbocycles. The number of nitrogens with two attached hydrogens (primary N) is 1.